The lowest BCUT2D eigenvalue weighted by atomic mass is 10.1. The van der Waals surface area contributed by atoms with E-state index < -0.39 is 0 Å². The number of amides is 2. The molecule has 2 N–H and O–H groups in total. The maximum Gasteiger partial charge on any atom is 0.269 e. The summed E-state index contributed by atoms with van der Waals surface area (Å²) in [5, 5.41) is 0.724. The summed E-state index contributed by atoms with van der Waals surface area (Å²) in [4.78, 5) is 25.2. The minimum Gasteiger partial charge on any atom is -0.273 e. The second-order valence-corrected chi connectivity index (χ2v) is 7.90. The molecule has 0 saturated carbocycles. The number of halogens is 1. The van der Waals surface area contributed by atoms with Crippen molar-refractivity contribution < 1.29 is 9.59 Å². The zero-order valence-electron chi connectivity index (χ0n) is 14.8. The van der Waals surface area contributed by atoms with Gasteiger partial charge in [-0.15, -0.1) is 11.8 Å². The fraction of sp³-hybridized carbons (Fsp3) is 0.238. The lowest BCUT2D eigenvalue weighted by Crippen LogP contribution is -2.42. The van der Waals surface area contributed by atoms with Crippen LogP contribution >= 0.6 is 23.4 Å². The first-order valence-electron chi connectivity index (χ1n) is 8.83. The van der Waals surface area contributed by atoms with Gasteiger partial charge in [0.15, 0.2) is 0 Å². The van der Waals surface area contributed by atoms with E-state index in [-0.39, 0.29) is 17.7 Å². The van der Waals surface area contributed by atoms with Crippen LogP contribution in [0.5, 0.6) is 0 Å². The van der Waals surface area contributed by atoms with Gasteiger partial charge in [0.1, 0.15) is 0 Å². The Hall–Kier alpha value is -2.24. The number of hydrogen-bond acceptors (Lipinski definition) is 3. The molecule has 0 heterocycles. The van der Waals surface area contributed by atoms with E-state index in [4.69, 9.17) is 11.6 Å². The average molecular weight is 401 g/mol. The van der Waals surface area contributed by atoms with Crippen molar-refractivity contribution in [3.8, 4) is 0 Å². The Morgan fingerprint density at radius 3 is 2.44 bits per heavy atom. The summed E-state index contributed by atoms with van der Waals surface area (Å²) in [5.74, 6) is 0.590. The molecule has 4 nitrogen and oxygen atoms in total. The molecule has 2 amide bonds. The van der Waals surface area contributed by atoms with Crippen LogP contribution in [0.25, 0.3) is 0 Å². The summed E-state index contributed by atoms with van der Waals surface area (Å²) in [6.45, 7) is 0. The SMILES string of the molecule is O=C(CC1C=CCC1)NNC(=O)c1ccc(CSc2ccc(Cl)cc2)cc1. The Morgan fingerprint density at radius 1 is 1.04 bits per heavy atom. The third-order valence-corrected chi connectivity index (χ3v) is 5.65. The Balaban J connectivity index is 1.44. The van der Waals surface area contributed by atoms with Gasteiger partial charge in [-0.05, 0) is 60.7 Å². The molecule has 3 rings (SSSR count). The van der Waals surface area contributed by atoms with E-state index in [0.29, 0.717) is 12.0 Å². The minimum atomic E-state index is -0.317. The van der Waals surface area contributed by atoms with Crippen molar-refractivity contribution in [2.45, 2.75) is 29.9 Å². The van der Waals surface area contributed by atoms with Gasteiger partial charge in [-0.1, -0.05) is 35.9 Å². The highest BCUT2D eigenvalue weighted by atomic mass is 35.5. The van der Waals surface area contributed by atoms with Crippen LogP contribution in [0.15, 0.2) is 65.6 Å². The van der Waals surface area contributed by atoms with Crippen LogP contribution in [0.1, 0.15) is 35.2 Å². The molecule has 27 heavy (non-hydrogen) atoms. The number of carbonyl (C=O) groups is 2. The first-order chi connectivity index (χ1) is 13.1. The second-order valence-electron chi connectivity index (χ2n) is 6.41. The standard InChI is InChI=1S/C21H21ClN2O2S/c22-18-9-11-19(12-10-18)27-14-16-5-7-17(8-6-16)21(26)24-23-20(25)13-15-3-1-2-4-15/h1,3,5-12,15H,2,4,13-14H2,(H,23,25)(H,24,26). The molecule has 1 atom stereocenters. The smallest absolute Gasteiger partial charge is 0.269 e. The summed E-state index contributed by atoms with van der Waals surface area (Å²) in [5.41, 5.74) is 6.59. The first kappa shape index (κ1) is 19.5. The highest BCUT2D eigenvalue weighted by Crippen LogP contribution is 2.24. The van der Waals surface area contributed by atoms with Crippen molar-refractivity contribution >= 4 is 35.2 Å². The van der Waals surface area contributed by atoms with Crippen LogP contribution in [0.4, 0.5) is 0 Å². The lowest BCUT2D eigenvalue weighted by molar-refractivity contribution is -0.122. The molecule has 0 bridgehead atoms. The number of thioether (sulfide) groups is 1. The first-order valence-corrected chi connectivity index (χ1v) is 10.2. The monoisotopic (exact) mass is 400 g/mol. The van der Waals surface area contributed by atoms with E-state index in [1.54, 1.807) is 23.9 Å². The van der Waals surface area contributed by atoms with Crippen LogP contribution in [0.3, 0.4) is 0 Å². The van der Waals surface area contributed by atoms with E-state index in [2.05, 4.69) is 23.0 Å². The fourth-order valence-corrected chi connectivity index (χ4v) is 3.78. The Morgan fingerprint density at radius 2 is 1.78 bits per heavy atom. The van der Waals surface area contributed by atoms with Gasteiger partial charge in [0.25, 0.3) is 5.91 Å². The maximum atomic E-state index is 12.2. The van der Waals surface area contributed by atoms with Gasteiger partial charge in [0.2, 0.25) is 5.91 Å². The zero-order chi connectivity index (χ0) is 19.1. The molecule has 2 aromatic rings. The molecule has 0 radical (unpaired) electrons. The number of allylic oxidation sites excluding steroid dienone is 2. The number of carbonyl (C=O) groups excluding carboxylic acids is 2. The van der Waals surface area contributed by atoms with Crippen LogP contribution in [0, 0.1) is 5.92 Å². The highest BCUT2D eigenvalue weighted by molar-refractivity contribution is 7.98. The molecular formula is C21H21ClN2O2S. The molecule has 2 aromatic carbocycles. The molecule has 1 aliphatic rings. The minimum absolute atomic E-state index is 0.170. The molecule has 0 spiro atoms. The zero-order valence-corrected chi connectivity index (χ0v) is 16.4. The Labute approximate surface area is 168 Å². The van der Waals surface area contributed by atoms with Crippen molar-refractivity contribution in [1.29, 1.82) is 0 Å². The summed E-state index contributed by atoms with van der Waals surface area (Å²) in [7, 11) is 0. The molecular weight excluding hydrogens is 380 g/mol. The van der Waals surface area contributed by atoms with E-state index in [9.17, 15) is 9.59 Å². The van der Waals surface area contributed by atoms with Crippen LogP contribution < -0.4 is 10.9 Å². The van der Waals surface area contributed by atoms with Gasteiger partial charge in [-0.3, -0.25) is 20.4 Å². The average Bonchev–Trinajstić information content (AvgIpc) is 3.19. The molecule has 0 fully saturated rings. The quantitative estimate of drug-likeness (QED) is 0.418. The second kappa shape index (κ2) is 9.62. The third kappa shape index (κ3) is 6.15. The predicted molar refractivity (Wildman–Crippen MR) is 110 cm³/mol. The van der Waals surface area contributed by atoms with E-state index in [0.717, 1.165) is 34.1 Å². The predicted octanol–water partition coefficient (Wildman–Crippen LogP) is 4.75. The summed E-state index contributed by atoms with van der Waals surface area (Å²) >= 11 is 7.59. The molecule has 1 aliphatic carbocycles. The van der Waals surface area contributed by atoms with E-state index in [1.165, 1.54) is 0 Å². The molecule has 0 aliphatic heterocycles. The normalized spacial score (nSPS) is 15.5. The molecule has 0 aromatic heterocycles. The Kier molecular flexibility index (Phi) is 6.96. The number of nitrogens with one attached hydrogen (secondary N) is 2. The third-order valence-electron chi connectivity index (χ3n) is 4.31. The molecule has 1 unspecified atom stereocenters. The van der Waals surface area contributed by atoms with Gasteiger partial charge in [-0.2, -0.15) is 0 Å². The summed E-state index contributed by atoms with van der Waals surface area (Å²) in [6.07, 6.45) is 6.56. The molecule has 0 saturated heterocycles. The van der Waals surface area contributed by atoms with Crippen molar-refractivity contribution in [3.05, 3.63) is 76.8 Å². The van der Waals surface area contributed by atoms with Crippen LogP contribution in [-0.2, 0) is 10.5 Å². The lowest BCUT2D eigenvalue weighted by Gasteiger charge is -2.10. The number of benzene rings is 2. The number of hydrazine groups is 1. The van der Waals surface area contributed by atoms with Gasteiger partial charge < -0.3 is 0 Å². The number of hydrogen-bond donors (Lipinski definition) is 2. The Bertz CT molecular complexity index is 819. The van der Waals surface area contributed by atoms with Gasteiger partial charge in [0.05, 0.1) is 0 Å². The molecule has 6 heteroatoms. The van der Waals surface area contributed by atoms with E-state index in [1.807, 2.05) is 36.4 Å². The van der Waals surface area contributed by atoms with Crippen molar-refractivity contribution in [2.75, 3.05) is 0 Å². The fourth-order valence-electron chi connectivity index (χ4n) is 2.80. The maximum absolute atomic E-state index is 12.2. The van der Waals surface area contributed by atoms with Crippen LogP contribution in [-0.4, -0.2) is 11.8 Å². The van der Waals surface area contributed by atoms with Crippen LogP contribution in [0.2, 0.25) is 5.02 Å². The largest absolute Gasteiger partial charge is 0.273 e. The summed E-state index contributed by atoms with van der Waals surface area (Å²) in [6, 6.07) is 15.1. The van der Waals surface area contributed by atoms with Crippen molar-refractivity contribution in [2.24, 2.45) is 5.92 Å². The topological polar surface area (TPSA) is 58.2 Å². The van der Waals surface area contributed by atoms with Crippen molar-refractivity contribution in [1.82, 2.24) is 10.9 Å². The van der Waals surface area contributed by atoms with Crippen molar-refractivity contribution in [3.63, 3.8) is 0 Å². The van der Waals surface area contributed by atoms with Gasteiger partial charge >= 0.3 is 0 Å². The summed E-state index contributed by atoms with van der Waals surface area (Å²) < 4.78 is 0. The number of rotatable bonds is 6. The van der Waals surface area contributed by atoms with Gasteiger partial charge in [0, 0.05) is 27.7 Å². The van der Waals surface area contributed by atoms with Gasteiger partial charge in [-0.25, -0.2) is 0 Å². The molecule has 140 valence electrons. The van der Waals surface area contributed by atoms with E-state index >= 15 is 0 Å². The highest BCUT2D eigenvalue weighted by Gasteiger charge is 2.14.